The lowest BCUT2D eigenvalue weighted by atomic mass is 9.99. The van der Waals surface area contributed by atoms with Crippen molar-refractivity contribution in [2.45, 2.75) is 76.2 Å². The molecule has 0 aliphatic carbocycles. The van der Waals surface area contributed by atoms with Gasteiger partial charge in [-0.3, -0.25) is 0 Å². The molecule has 1 aliphatic rings. The van der Waals surface area contributed by atoms with Crippen molar-refractivity contribution in [3.05, 3.63) is 60.7 Å². The Morgan fingerprint density at radius 1 is 0.781 bits per heavy atom. The first-order valence-corrected chi connectivity index (χ1v) is 11.7. The van der Waals surface area contributed by atoms with Crippen LogP contribution in [0.5, 0.6) is 11.5 Å². The predicted molar refractivity (Wildman–Crippen MR) is 123 cm³/mol. The van der Waals surface area contributed by atoms with Gasteiger partial charge in [0.1, 0.15) is 42.5 Å². The second-order valence-corrected chi connectivity index (χ2v) is 8.18. The molecule has 0 amide bonds. The Morgan fingerprint density at radius 3 is 2.09 bits per heavy atom. The molecular formula is C26H36O6. The van der Waals surface area contributed by atoms with Crippen molar-refractivity contribution < 1.29 is 29.2 Å². The van der Waals surface area contributed by atoms with E-state index >= 15 is 0 Å². The molecule has 0 aromatic heterocycles. The largest absolute Gasteiger partial charge is 0.491 e. The van der Waals surface area contributed by atoms with Crippen LogP contribution in [0.2, 0.25) is 0 Å². The van der Waals surface area contributed by atoms with Crippen molar-refractivity contribution >= 4 is 0 Å². The van der Waals surface area contributed by atoms with Gasteiger partial charge in [-0.15, -0.1) is 0 Å². The molecular weight excluding hydrogens is 408 g/mol. The third-order valence-electron chi connectivity index (χ3n) is 5.61. The Hall–Kier alpha value is -2.12. The average molecular weight is 445 g/mol. The molecule has 2 aromatic rings. The zero-order valence-corrected chi connectivity index (χ0v) is 18.8. The van der Waals surface area contributed by atoms with E-state index in [4.69, 9.17) is 18.9 Å². The summed E-state index contributed by atoms with van der Waals surface area (Å²) in [6, 6.07) is 18.6. The quantitative estimate of drug-likeness (QED) is 0.448. The number of aliphatic hydroxyl groups is 2. The van der Waals surface area contributed by atoms with Gasteiger partial charge in [0.25, 0.3) is 0 Å². The average Bonchev–Trinajstić information content (AvgIpc) is 2.83. The molecule has 176 valence electrons. The monoisotopic (exact) mass is 444 g/mol. The van der Waals surface area contributed by atoms with Crippen LogP contribution in [0.1, 0.15) is 45.4 Å². The number of aliphatic hydroxyl groups excluding tert-OH is 2. The number of para-hydroxylation sites is 2. The van der Waals surface area contributed by atoms with Crippen molar-refractivity contribution in [3.8, 4) is 11.5 Å². The summed E-state index contributed by atoms with van der Waals surface area (Å²) in [5.74, 6) is 1.27. The predicted octanol–water partition coefficient (Wildman–Crippen LogP) is 4.34. The summed E-state index contributed by atoms with van der Waals surface area (Å²) in [6.45, 7) is 2.76. The van der Waals surface area contributed by atoms with Crippen LogP contribution in [0.4, 0.5) is 0 Å². The third kappa shape index (κ3) is 7.48. The van der Waals surface area contributed by atoms with E-state index in [2.05, 4.69) is 6.92 Å². The maximum Gasteiger partial charge on any atom is 0.229 e. The van der Waals surface area contributed by atoms with Gasteiger partial charge in [-0.25, -0.2) is 0 Å². The smallest absolute Gasteiger partial charge is 0.229 e. The van der Waals surface area contributed by atoms with Gasteiger partial charge in [0.2, 0.25) is 6.29 Å². The fourth-order valence-corrected chi connectivity index (χ4v) is 3.75. The highest BCUT2D eigenvalue weighted by molar-refractivity contribution is 5.22. The molecule has 1 saturated heterocycles. The summed E-state index contributed by atoms with van der Waals surface area (Å²) < 4.78 is 23.8. The van der Waals surface area contributed by atoms with Gasteiger partial charge < -0.3 is 29.2 Å². The van der Waals surface area contributed by atoms with Gasteiger partial charge in [0.15, 0.2) is 0 Å². The van der Waals surface area contributed by atoms with E-state index < -0.39 is 30.7 Å². The molecule has 1 unspecified atom stereocenters. The molecule has 1 fully saturated rings. The number of hydrogen-bond donors (Lipinski definition) is 2. The van der Waals surface area contributed by atoms with E-state index in [9.17, 15) is 10.2 Å². The Labute approximate surface area is 191 Å². The lowest BCUT2D eigenvalue weighted by molar-refractivity contribution is -0.286. The van der Waals surface area contributed by atoms with E-state index in [1.807, 2.05) is 60.7 Å². The van der Waals surface area contributed by atoms with Crippen LogP contribution in [-0.2, 0) is 9.47 Å². The molecule has 3 rings (SSSR count). The highest BCUT2D eigenvalue weighted by atomic mass is 16.7. The molecule has 5 atom stereocenters. The topological polar surface area (TPSA) is 77.4 Å². The molecule has 0 radical (unpaired) electrons. The second kappa shape index (κ2) is 13.4. The number of ether oxygens (including phenoxy) is 4. The van der Waals surface area contributed by atoms with E-state index in [0.29, 0.717) is 18.1 Å². The van der Waals surface area contributed by atoms with Crippen molar-refractivity contribution in [2.75, 3.05) is 13.2 Å². The zero-order chi connectivity index (χ0) is 22.6. The van der Waals surface area contributed by atoms with E-state index in [1.54, 1.807) is 0 Å². The number of unbranched alkanes of at least 4 members (excludes halogenated alkanes) is 5. The fourth-order valence-electron chi connectivity index (χ4n) is 3.75. The van der Waals surface area contributed by atoms with Crippen LogP contribution in [0.3, 0.4) is 0 Å². The molecule has 1 heterocycles. The maximum atomic E-state index is 10.8. The van der Waals surface area contributed by atoms with Crippen LogP contribution >= 0.6 is 0 Å². The first-order chi connectivity index (χ1) is 15.7. The minimum Gasteiger partial charge on any atom is -0.491 e. The first-order valence-electron chi connectivity index (χ1n) is 11.7. The summed E-state index contributed by atoms with van der Waals surface area (Å²) in [5, 5.41) is 21.5. The van der Waals surface area contributed by atoms with Gasteiger partial charge >= 0.3 is 0 Å². The Balaban J connectivity index is 1.59. The van der Waals surface area contributed by atoms with Gasteiger partial charge in [-0.2, -0.15) is 0 Å². The summed E-state index contributed by atoms with van der Waals surface area (Å²) in [6.07, 6.45) is 2.12. The summed E-state index contributed by atoms with van der Waals surface area (Å²) in [5.41, 5.74) is 0. The highest BCUT2D eigenvalue weighted by Gasteiger charge is 2.46. The minimum absolute atomic E-state index is 0.0844. The van der Waals surface area contributed by atoms with Crippen molar-refractivity contribution in [1.82, 2.24) is 0 Å². The number of hydrogen-bond acceptors (Lipinski definition) is 6. The molecule has 32 heavy (non-hydrogen) atoms. The van der Waals surface area contributed by atoms with Gasteiger partial charge in [0.05, 0.1) is 0 Å². The van der Waals surface area contributed by atoms with Crippen LogP contribution in [0, 0.1) is 0 Å². The second-order valence-electron chi connectivity index (χ2n) is 8.18. The van der Waals surface area contributed by atoms with E-state index in [1.165, 1.54) is 25.7 Å². The van der Waals surface area contributed by atoms with E-state index in [-0.39, 0.29) is 6.61 Å². The normalized spacial score (nSPS) is 25.4. The van der Waals surface area contributed by atoms with Crippen molar-refractivity contribution in [2.24, 2.45) is 0 Å². The molecule has 0 bridgehead atoms. The highest BCUT2D eigenvalue weighted by Crippen LogP contribution is 2.27. The molecule has 0 spiro atoms. The Morgan fingerprint density at radius 2 is 1.41 bits per heavy atom. The molecule has 0 saturated carbocycles. The van der Waals surface area contributed by atoms with E-state index in [0.717, 1.165) is 12.8 Å². The first kappa shape index (κ1) is 24.5. The molecule has 1 aliphatic heterocycles. The Kier molecular flexibility index (Phi) is 10.3. The maximum absolute atomic E-state index is 10.8. The van der Waals surface area contributed by atoms with Crippen LogP contribution in [0.25, 0.3) is 0 Å². The summed E-state index contributed by atoms with van der Waals surface area (Å²) in [7, 11) is 0. The van der Waals surface area contributed by atoms with Gasteiger partial charge in [-0.1, -0.05) is 75.4 Å². The molecule has 6 heteroatoms. The van der Waals surface area contributed by atoms with Crippen molar-refractivity contribution in [1.29, 1.82) is 0 Å². The lowest BCUT2D eigenvalue weighted by Gasteiger charge is -2.42. The zero-order valence-electron chi connectivity index (χ0n) is 18.8. The third-order valence-corrected chi connectivity index (χ3v) is 5.61. The fraction of sp³-hybridized carbons (Fsp3) is 0.538. The van der Waals surface area contributed by atoms with Crippen molar-refractivity contribution in [3.63, 3.8) is 0 Å². The van der Waals surface area contributed by atoms with Crippen LogP contribution in [0.15, 0.2) is 60.7 Å². The molecule has 2 aromatic carbocycles. The Bertz CT molecular complexity index is 740. The lowest BCUT2D eigenvalue weighted by Crippen LogP contribution is -2.61. The number of benzene rings is 2. The number of rotatable bonds is 13. The summed E-state index contributed by atoms with van der Waals surface area (Å²) in [4.78, 5) is 0. The van der Waals surface area contributed by atoms with Crippen LogP contribution < -0.4 is 9.47 Å². The molecule has 6 nitrogen and oxygen atoms in total. The van der Waals surface area contributed by atoms with Gasteiger partial charge in [-0.05, 0) is 30.7 Å². The SMILES string of the molecule is CCCCCCCCO[C@@H]1C(Oc2ccccc2)O[C@H](COc2ccccc2)[C@@H](O)[C@@H]1O. The summed E-state index contributed by atoms with van der Waals surface area (Å²) >= 11 is 0. The van der Waals surface area contributed by atoms with Gasteiger partial charge in [0, 0.05) is 6.61 Å². The molecule has 2 N–H and O–H groups in total. The standard InChI is InChI=1S/C26H36O6/c1-2-3-4-5-6-13-18-29-25-24(28)23(27)22(19-30-20-14-9-7-10-15-20)32-26(25)31-21-16-11-8-12-17-21/h7-12,14-17,22-28H,2-6,13,18-19H2,1H3/t22-,23-,24+,25+,26?/m1/s1. The minimum atomic E-state index is -1.15. The van der Waals surface area contributed by atoms with Crippen LogP contribution in [-0.4, -0.2) is 54.1 Å².